The molecule has 7 heteroatoms. The summed E-state index contributed by atoms with van der Waals surface area (Å²) in [4.78, 5) is 27.1. The Morgan fingerprint density at radius 2 is 1.90 bits per heavy atom. The van der Waals surface area contributed by atoms with Crippen molar-refractivity contribution < 1.29 is 14.3 Å². The van der Waals surface area contributed by atoms with Crippen molar-refractivity contribution in [3.05, 3.63) is 77.6 Å². The number of fused-ring (bicyclic) bond motifs is 1. The number of hydrogen-bond donors (Lipinski definition) is 1. The Labute approximate surface area is 168 Å². The zero-order valence-corrected chi connectivity index (χ0v) is 16.3. The summed E-state index contributed by atoms with van der Waals surface area (Å²) in [6.45, 7) is 2.54. The molecule has 4 rings (SSSR count). The normalized spacial score (nSPS) is 16.0. The highest BCUT2D eigenvalue weighted by Crippen LogP contribution is 2.29. The molecule has 7 nitrogen and oxygen atoms in total. The molecule has 0 unspecified atom stereocenters. The van der Waals surface area contributed by atoms with Crippen LogP contribution in [0.15, 0.2) is 60.7 Å². The third-order valence-corrected chi connectivity index (χ3v) is 4.96. The van der Waals surface area contributed by atoms with Crippen LogP contribution in [-0.2, 0) is 11.3 Å². The quantitative estimate of drug-likeness (QED) is 0.742. The molecular formula is C22H22N4O3. The first kappa shape index (κ1) is 18.7. The van der Waals surface area contributed by atoms with E-state index in [1.807, 2.05) is 55.5 Å². The van der Waals surface area contributed by atoms with Gasteiger partial charge in [0.2, 0.25) is 0 Å². The van der Waals surface area contributed by atoms with Crippen molar-refractivity contribution in [2.75, 3.05) is 18.6 Å². The monoisotopic (exact) mass is 390 g/mol. The van der Waals surface area contributed by atoms with Gasteiger partial charge in [0.1, 0.15) is 24.1 Å². The van der Waals surface area contributed by atoms with Gasteiger partial charge in [-0.05, 0) is 30.7 Å². The fourth-order valence-corrected chi connectivity index (χ4v) is 3.33. The summed E-state index contributed by atoms with van der Waals surface area (Å²) in [5.41, 5.74) is 2.91. The zero-order valence-electron chi connectivity index (χ0n) is 16.3. The van der Waals surface area contributed by atoms with Gasteiger partial charge in [-0.1, -0.05) is 42.5 Å². The van der Waals surface area contributed by atoms with Gasteiger partial charge in [-0.15, -0.1) is 0 Å². The SMILES string of the molecule is Cc1cc(C(=O)N[C@H]2COc3ccccc3N(C)C2=O)nn1Cc1ccccc1. The van der Waals surface area contributed by atoms with Gasteiger partial charge < -0.3 is 15.0 Å². The highest BCUT2D eigenvalue weighted by molar-refractivity contribution is 6.02. The van der Waals surface area contributed by atoms with Crippen molar-refractivity contribution in [1.29, 1.82) is 0 Å². The number of benzene rings is 2. The fraction of sp³-hybridized carbons (Fsp3) is 0.227. The average Bonchev–Trinajstić information content (AvgIpc) is 3.06. The molecule has 0 saturated carbocycles. The Kier molecular flexibility index (Phi) is 5.03. The first-order chi connectivity index (χ1) is 14.0. The van der Waals surface area contributed by atoms with Crippen molar-refractivity contribution in [2.45, 2.75) is 19.5 Å². The van der Waals surface area contributed by atoms with E-state index in [-0.39, 0.29) is 18.2 Å². The minimum Gasteiger partial charge on any atom is -0.489 e. The lowest BCUT2D eigenvalue weighted by molar-refractivity contribution is -0.120. The van der Waals surface area contributed by atoms with E-state index >= 15 is 0 Å². The first-order valence-electron chi connectivity index (χ1n) is 9.41. The average molecular weight is 390 g/mol. The van der Waals surface area contributed by atoms with Crippen LogP contribution in [0.2, 0.25) is 0 Å². The molecule has 1 aliphatic rings. The van der Waals surface area contributed by atoms with Crippen LogP contribution in [0.25, 0.3) is 0 Å². The number of anilines is 1. The number of likely N-dealkylation sites (N-methyl/N-ethyl adjacent to an activating group) is 1. The van der Waals surface area contributed by atoms with Crippen LogP contribution >= 0.6 is 0 Å². The molecule has 2 amide bonds. The minimum atomic E-state index is -0.792. The largest absolute Gasteiger partial charge is 0.489 e. The molecule has 1 aromatic heterocycles. The van der Waals surface area contributed by atoms with Gasteiger partial charge in [0.25, 0.3) is 11.8 Å². The van der Waals surface area contributed by atoms with Gasteiger partial charge in [0, 0.05) is 12.7 Å². The summed E-state index contributed by atoms with van der Waals surface area (Å²) in [6, 6.07) is 18.1. The Bertz CT molecular complexity index is 1050. The van der Waals surface area contributed by atoms with Crippen LogP contribution < -0.4 is 15.0 Å². The van der Waals surface area contributed by atoms with E-state index < -0.39 is 11.9 Å². The van der Waals surface area contributed by atoms with Crippen molar-refractivity contribution in [3.8, 4) is 5.75 Å². The van der Waals surface area contributed by atoms with Gasteiger partial charge in [-0.3, -0.25) is 14.3 Å². The Balaban J connectivity index is 1.48. The first-order valence-corrected chi connectivity index (χ1v) is 9.41. The van der Waals surface area contributed by atoms with Gasteiger partial charge in [-0.2, -0.15) is 5.10 Å². The Morgan fingerprint density at radius 1 is 1.17 bits per heavy atom. The molecule has 1 aliphatic heterocycles. The predicted octanol–water partition coefficient (Wildman–Crippen LogP) is 2.39. The number of nitrogens with zero attached hydrogens (tertiary/aromatic N) is 3. The van der Waals surface area contributed by atoms with Crippen molar-refractivity contribution in [2.24, 2.45) is 0 Å². The second kappa shape index (κ2) is 7.79. The molecule has 1 N–H and O–H groups in total. The third kappa shape index (κ3) is 3.85. The van der Waals surface area contributed by atoms with E-state index in [0.29, 0.717) is 18.0 Å². The maximum absolute atomic E-state index is 12.8. The number of aryl methyl sites for hydroxylation is 1. The number of carbonyl (C=O) groups excluding carboxylic acids is 2. The smallest absolute Gasteiger partial charge is 0.272 e. The number of carbonyl (C=O) groups is 2. The number of hydrogen-bond acceptors (Lipinski definition) is 4. The van der Waals surface area contributed by atoms with E-state index in [1.165, 1.54) is 4.90 Å². The fourth-order valence-electron chi connectivity index (χ4n) is 3.33. The number of aromatic nitrogens is 2. The molecule has 0 saturated heterocycles. The lowest BCUT2D eigenvalue weighted by Gasteiger charge is -2.20. The molecule has 0 aliphatic carbocycles. The van der Waals surface area contributed by atoms with E-state index in [1.54, 1.807) is 23.9 Å². The van der Waals surface area contributed by atoms with Crippen molar-refractivity contribution in [1.82, 2.24) is 15.1 Å². The number of para-hydroxylation sites is 2. The van der Waals surface area contributed by atoms with Gasteiger partial charge in [0.15, 0.2) is 0 Å². The van der Waals surface area contributed by atoms with Crippen LogP contribution in [-0.4, -0.2) is 41.3 Å². The van der Waals surface area contributed by atoms with Crippen LogP contribution in [0.5, 0.6) is 5.75 Å². The molecule has 2 heterocycles. The van der Waals surface area contributed by atoms with E-state index in [4.69, 9.17) is 4.74 Å². The van der Waals surface area contributed by atoms with Crippen LogP contribution in [0.1, 0.15) is 21.7 Å². The highest BCUT2D eigenvalue weighted by atomic mass is 16.5. The molecule has 0 spiro atoms. The standard InChI is InChI=1S/C22H22N4O3/c1-15-12-17(24-26(15)13-16-8-4-3-5-9-16)21(27)23-18-14-29-20-11-7-6-10-19(20)25(2)22(18)28/h3-12,18H,13-14H2,1-2H3,(H,23,27)/t18-/m0/s1. The summed E-state index contributed by atoms with van der Waals surface area (Å²) < 4.78 is 7.52. The second-order valence-corrected chi connectivity index (χ2v) is 7.02. The topological polar surface area (TPSA) is 76.5 Å². The number of nitrogens with one attached hydrogen (secondary N) is 1. The van der Waals surface area contributed by atoms with Gasteiger partial charge in [-0.25, -0.2) is 0 Å². The minimum absolute atomic E-state index is 0.0651. The molecule has 29 heavy (non-hydrogen) atoms. The molecule has 2 aromatic carbocycles. The summed E-state index contributed by atoms with van der Waals surface area (Å²) in [6.07, 6.45) is 0. The lowest BCUT2D eigenvalue weighted by atomic mass is 10.2. The Hall–Kier alpha value is -3.61. The molecule has 0 radical (unpaired) electrons. The lowest BCUT2D eigenvalue weighted by Crippen LogP contribution is -2.49. The molecule has 148 valence electrons. The van der Waals surface area contributed by atoms with E-state index in [2.05, 4.69) is 10.4 Å². The number of amides is 2. The molecular weight excluding hydrogens is 368 g/mol. The predicted molar refractivity (Wildman–Crippen MR) is 109 cm³/mol. The number of ether oxygens (including phenoxy) is 1. The molecule has 0 fully saturated rings. The van der Waals surface area contributed by atoms with Crippen molar-refractivity contribution >= 4 is 17.5 Å². The highest BCUT2D eigenvalue weighted by Gasteiger charge is 2.31. The maximum atomic E-state index is 12.8. The molecule has 0 bridgehead atoms. The van der Waals surface area contributed by atoms with E-state index in [9.17, 15) is 9.59 Å². The number of rotatable bonds is 4. The second-order valence-electron chi connectivity index (χ2n) is 7.02. The van der Waals surface area contributed by atoms with Crippen molar-refractivity contribution in [3.63, 3.8) is 0 Å². The van der Waals surface area contributed by atoms with Gasteiger partial charge in [0.05, 0.1) is 12.2 Å². The van der Waals surface area contributed by atoms with E-state index in [0.717, 1.165) is 11.3 Å². The maximum Gasteiger partial charge on any atom is 0.272 e. The summed E-state index contributed by atoms with van der Waals surface area (Å²) >= 11 is 0. The molecule has 3 aromatic rings. The summed E-state index contributed by atoms with van der Waals surface area (Å²) in [7, 11) is 1.67. The summed E-state index contributed by atoms with van der Waals surface area (Å²) in [5, 5.41) is 7.18. The summed E-state index contributed by atoms with van der Waals surface area (Å²) in [5.74, 6) is -0.0203. The molecule has 1 atom stereocenters. The Morgan fingerprint density at radius 3 is 2.69 bits per heavy atom. The van der Waals surface area contributed by atoms with Gasteiger partial charge >= 0.3 is 0 Å². The van der Waals surface area contributed by atoms with Crippen LogP contribution in [0.3, 0.4) is 0 Å². The zero-order chi connectivity index (χ0) is 20.4. The van der Waals surface area contributed by atoms with Crippen LogP contribution in [0, 0.1) is 6.92 Å². The third-order valence-electron chi connectivity index (χ3n) is 4.96. The van der Waals surface area contributed by atoms with Crippen LogP contribution in [0.4, 0.5) is 5.69 Å².